The Hall–Kier alpha value is -7.99. The van der Waals surface area contributed by atoms with E-state index in [0.29, 0.717) is 17.5 Å². The summed E-state index contributed by atoms with van der Waals surface area (Å²) in [4.78, 5) is 15.8. The monoisotopic (exact) mass is 809 g/mol. The first-order valence-electron chi connectivity index (χ1n) is 20.7. The molecule has 0 aliphatic heterocycles. The average Bonchev–Trinajstić information content (AvgIpc) is 3.93. The fourth-order valence-electron chi connectivity index (χ4n) is 8.63. The van der Waals surface area contributed by atoms with E-state index in [2.05, 4.69) is 164 Å². The molecule has 0 atom stereocenters. The molecule has 0 aliphatic carbocycles. The number of hydrogen-bond acceptors (Lipinski definition) is 5. The summed E-state index contributed by atoms with van der Waals surface area (Å²) in [6, 6.07) is 74.7. The zero-order valence-electron chi connectivity index (χ0n) is 33.4. The molecule has 12 rings (SSSR count). The Morgan fingerprint density at radius 1 is 0.274 bits per heavy atom. The van der Waals surface area contributed by atoms with Crippen LogP contribution in [-0.2, 0) is 0 Å². The summed E-state index contributed by atoms with van der Waals surface area (Å²) < 4.78 is 8.56. The molecule has 0 saturated carbocycles. The molecular weight excluding hydrogens is 775 g/mol. The number of benzene rings is 9. The van der Waals surface area contributed by atoms with Crippen LogP contribution in [-0.4, -0.2) is 15.0 Å². The van der Waals surface area contributed by atoms with Gasteiger partial charge in [-0.25, -0.2) is 15.0 Å². The van der Waals surface area contributed by atoms with Crippen molar-refractivity contribution in [3.63, 3.8) is 0 Å². The molecule has 4 nitrogen and oxygen atoms in total. The van der Waals surface area contributed by atoms with Crippen molar-refractivity contribution >= 4 is 53.4 Å². The van der Waals surface area contributed by atoms with Crippen molar-refractivity contribution < 1.29 is 4.42 Å². The molecule has 0 saturated heterocycles. The standard InChI is InChI=1S/C57H35N3OS/c1-4-13-36(14-5-1)38-23-25-40(26-24-38)44-34-49-47-21-12-20-45(41-29-27-39(28-30-41)37-15-6-2-7-16-37)53(47)62-54(49)50(35-44)57-59-55(42-17-8-3-9-18-42)58-56(60-57)43-31-32-52-48(33-43)46-19-10-11-22-51(46)61-52/h1-35H. The summed E-state index contributed by atoms with van der Waals surface area (Å²) in [7, 11) is 0. The van der Waals surface area contributed by atoms with E-state index < -0.39 is 0 Å². The van der Waals surface area contributed by atoms with E-state index in [0.717, 1.165) is 54.5 Å². The van der Waals surface area contributed by atoms with Gasteiger partial charge < -0.3 is 4.42 Å². The van der Waals surface area contributed by atoms with E-state index in [1.54, 1.807) is 11.3 Å². The van der Waals surface area contributed by atoms with E-state index in [-0.39, 0.29) is 0 Å². The van der Waals surface area contributed by atoms with Gasteiger partial charge in [-0.1, -0.05) is 176 Å². The molecule has 0 amide bonds. The predicted octanol–water partition coefficient (Wildman–Crippen LogP) is 15.8. The van der Waals surface area contributed by atoms with Gasteiger partial charge in [-0.3, -0.25) is 0 Å². The Morgan fingerprint density at radius 3 is 1.42 bits per heavy atom. The van der Waals surface area contributed by atoms with Crippen molar-refractivity contribution in [1.29, 1.82) is 0 Å². The minimum absolute atomic E-state index is 0.604. The molecule has 3 aromatic heterocycles. The van der Waals surface area contributed by atoms with Gasteiger partial charge in [0.25, 0.3) is 0 Å². The molecule has 5 heteroatoms. The first-order chi connectivity index (χ1) is 30.7. The van der Waals surface area contributed by atoms with Crippen molar-refractivity contribution in [1.82, 2.24) is 15.0 Å². The molecule has 0 unspecified atom stereocenters. The lowest BCUT2D eigenvalue weighted by atomic mass is 9.96. The Labute approximate surface area is 362 Å². The van der Waals surface area contributed by atoms with E-state index in [1.165, 1.54) is 48.9 Å². The zero-order chi connectivity index (χ0) is 41.0. The zero-order valence-corrected chi connectivity index (χ0v) is 34.2. The normalized spacial score (nSPS) is 11.5. The molecule has 0 aliphatic rings. The first kappa shape index (κ1) is 35.9. The second kappa shape index (κ2) is 14.9. The smallest absolute Gasteiger partial charge is 0.165 e. The largest absolute Gasteiger partial charge is 0.456 e. The van der Waals surface area contributed by atoms with E-state index in [1.807, 2.05) is 48.5 Å². The van der Waals surface area contributed by atoms with Crippen molar-refractivity contribution in [3.05, 3.63) is 212 Å². The van der Waals surface area contributed by atoms with Gasteiger partial charge in [-0.05, 0) is 80.9 Å². The van der Waals surface area contributed by atoms with Crippen LogP contribution in [0.2, 0.25) is 0 Å². The summed E-state index contributed by atoms with van der Waals surface area (Å²) in [6.45, 7) is 0. The topological polar surface area (TPSA) is 51.8 Å². The number of nitrogens with zero attached hydrogens (tertiary/aromatic N) is 3. The molecule has 0 radical (unpaired) electrons. The lowest BCUT2D eigenvalue weighted by Gasteiger charge is -2.12. The quantitative estimate of drug-likeness (QED) is 0.161. The maximum atomic E-state index is 6.21. The Bertz CT molecular complexity index is 3600. The van der Waals surface area contributed by atoms with Gasteiger partial charge in [0.2, 0.25) is 0 Å². The third-order valence-electron chi connectivity index (χ3n) is 11.8. The number of aromatic nitrogens is 3. The second-order valence-corrected chi connectivity index (χ2v) is 16.6. The van der Waals surface area contributed by atoms with Crippen molar-refractivity contribution in [3.8, 4) is 78.7 Å². The third-order valence-corrected chi connectivity index (χ3v) is 13.1. The molecule has 0 N–H and O–H groups in total. The van der Waals surface area contributed by atoms with Crippen molar-refractivity contribution in [2.75, 3.05) is 0 Å². The number of fused-ring (bicyclic) bond motifs is 6. The lowest BCUT2D eigenvalue weighted by Crippen LogP contribution is -2.00. The maximum absolute atomic E-state index is 6.21. The number of thiophene rings is 1. The van der Waals surface area contributed by atoms with Crippen LogP contribution in [0.25, 0.3) is 121 Å². The minimum atomic E-state index is 0.604. The predicted molar refractivity (Wildman–Crippen MR) is 258 cm³/mol. The molecular formula is C57H35N3OS. The molecule has 0 bridgehead atoms. The molecule has 12 aromatic rings. The van der Waals surface area contributed by atoms with Crippen LogP contribution in [0.1, 0.15) is 0 Å². The van der Waals surface area contributed by atoms with E-state index >= 15 is 0 Å². The SMILES string of the molecule is c1ccc(-c2ccc(-c3cc(-c4nc(-c5ccccc5)nc(-c5ccc6oc7ccccc7c6c5)n4)c4sc5c(-c6ccc(-c7ccccc7)cc6)cccc5c4c3)cc2)cc1. The molecule has 290 valence electrons. The molecule has 9 aromatic carbocycles. The van der Waals surface area contributed by atoms with Crippen LogP contribution in [0, 0.1) is 0 Å². The van der Waals surface area contributed by atoms with E-state index in [4.69, 9.17) is 19.4 Å². The molecule has 0 spiro atoms. The van der Waals surface area contributed by atoms with Crippen molar-refractivity contribution in [2.45, 2.75) is 0 Å². The minimum Gasteiger partial charge on any atom is -0.456 e. The highest BCUT2D eigenvalue weighted by Gasteiger charge is 2.21. The third kappa shape index (κ3) is 6.35. The highest BCUT2D eigenvalue weighted by Crippen LogP contribution is 2.46. The van der Waals surface area contributed by atoms with Gasteiger partial charge in [0.15, 0.2) is 17.5 Å². The van der Waals surface area contributed by atoms with Gasteiger partial charge in [0, 0.05) is 47.6 Å². The summed E-state index contributed by atoms with van der Waals surface area (Å²) >= 11 is 1.80. The molecule has 62 heavy (non-hydrogen) atoms. The summed E-state index contributed by atoms with van der Waals surface area (Å²) in [5.74, 6) is 1.85. The van der Waals surface area contributed by atoms with Crippen LogP contribution < -0.4 is 0 Å². The van der Waals surface area contributed by atoms with E-state index in [9.17, 15) is 0 Å². The molecule has 3 heterocycles. The fourth-order valence-corrected chi connectivity index (χ4v) is 9.95. The highest BCUT2D eigenvalue weighted by atomic mass is 32.1. The fraction of sp³-hybridized carbons (Fsp3) is 0. The van der Waals surface area contributed by atoms with Crippen LogP contribution in [0.3, 0.4) is 0 Å². The first-order valence-corrected chi connectivity index (χ1v) is 21.6. The van der Waals surface area contributed by atoms with Crippen LogP contribution in [0.5, 0.6) is 0 Å². The Balaban J connectivity index is 1.08. The van der Waals surface area contributed by atoms with Gasteiger partial charge in [0.05, 0.1) is 0 Å². The lowest BCUT2D eigenvalue weighted by molar-refractivity contribution is 0.669. The number of hydrogen-bond donors (Lipinski definition) is 0. The number of para-hydroxylation sites is 1. The van der Waals surface area contributed by atoms with Gasteiger partial charge in [-0.2, -0.15) is 0 Å². The maximum Gasteiger partial charge on any atom is 0.165 e. The second-order valence-electron chi connectivity index (χ2n) is 15.6. The van der Waals surface area contributed by atoms with Gasteiger partial charge in [-0.15, -0.1) is 11.3 Å². The summed E-state index contributed by atoms with van der Waals surface area (Å²) in [5, 5.41) is 4.46. The van der Waals surface area contributed by atoms with Gasteiger partial charge >= 0.3 is 0 Å². The summed E-state index contributed by atoms with van der Waals surface area (Å²) in [5.41, 5.74) is 13.8. The highest BCUT2D eigenvalue weighted by molar-refractivity contribution is 7.26. The van der Waals surface area contributed by atoms with Crippen LogP contribution in [0.15, 0.2) is 217 Å². The van der Waals surface area contributed by atoms with Crippen LogP contribution in [0.4, 0.5) is 0 Å². The number of rotatable bonds is 7. The Morgan fingerprint density at radius 2 is 0.742 bits per heavy atom. The Kier molecular flexibility index (Phi) is 8.65. The van der Waals surface area contributed by atoms with Crippen molar-refractivity contribution in [2.24, 2.45) is 0 Å². The van der Waals surface area contributed by atoms with Gasteiger partial charge in [0.1, 0.15) is 11.2 Å². The number of furan rings is 1. The van der Waals surface area contributed by atoms with Crippen LogP contribution >= 0.6 is 11.3 Å². The molecule has 0 fully saturated rings. The summed E-state index contributed by atoms with van der Waals surface area (Å²) in [6.07, 6.45) is 0. The average molecular weight is 810 g/mol.